The number of carbonyl (C=O) groups excluding carboxylic acids is 4. The van der Waals surface area contributed by atoms with E-state index in [-0.39, 0.29) is 122 Å². The number of carbonyl (C=O) groups is 4. The fourth-order valence-corrected chi connectivity index (χ4v) is 16.1. The lowest BCUT2D eigenvalue weighted by molar-refractivity contribution is -0.141. The number of amides is 4. The number of aliphatic hydroxyl groups excluding tert-OH is 1. The number of nitrogens with one attached hydrogen (secondary N) is 1. The van der Waals surface area contributed by atoms with E-state index in [1.807, 2.05) is 107 Å². The summed E-state index contributed by atoms with van der Waals surface area (Å²) in [6.07, 6.45) is 5.70. The van der Waals surface area contributed by atoms with E-state index in [1.54, 1.807) is 41.7 Å². The van der Waals surface area contributed by atoms with Gasteiger partial charge in [-0.05, 0) is 137 Å². The number of aromatic nitrogens is 5. The van der Waals surface area contributed by atoms with Crippen LogP contribution in [0.2, 0.25) is 0 Å². The second-order valence-electron chi connectivity index (χ2n) is 28.0. The third kappa shape index (κ3) is 13.4. The molecule has 3 aromatic carbocycles. The van der Waals surface area contributed by atoms with Crippen molar-refractivity contribution in [2.24, 2.45) is 11.8 Å². The van der Waals surface area contributed by atoms with Crippen LogP contribution in [0.15, 0.2) is 76.9 Å². The number of benzene rings is 3. The predicted octanol–water partition coefficient (Wildman–Crippen LogP) is 10.6. The van der Waals surface area contributed by atoms with Crippen LogP contribution in [-0.2, 0) is 30.2 Å². The molecule has 6 aliphatic rings. The first-order valence-electron chi connectivity index (χ1n) is 33.7. The number of thiazole rings is 1. The maximum absolute atomic E-state index is 17.9. The summed E-state index contributed by atoms with van der Waals surface area (Å²) >= 11 is 1.57. The molecule has 6 fully saturated rings. The van der Waals surface area contributed by atoms with E-state index in [4.69, 9.17) is 47.9 Å². The first-order chi connectivity index (χ1) is 46.2. The van der Waals surface area contributed by atoms with Gasteiger partial charge in [-0.15, -0.1) is 11.3 Å². The zero-order valence-electron chi connectivity index (χ0n) is 56.0. The number of aryl methyl sites for hydroxylation is 2. The van der Waals surface area contributed by atoms with Crippen molar-refractivity contribution < 1.29 is 61.6 Å². The van der Waals surface area contributed by atoms with Crippen molar-refractivity contribution in [2.45, 2.75) is 160 Å². The molecular formula is C71H86FN11O12S. The van der Waals surface area contributed by atoms with Gasteiger partial charge in [-0.3, -0.25) is 24.4 Å². The number of anilines is 1. The monoisotopic (exact) mass is 1340 g/mol. The Balaban J connectivity index is 0.636. The molecular weight excluding hydrogens is 1250 g/mol. The number of methoxy groups -OCH3 is 1. The Hall–Kier alpha value is -8.26. The number of piperazine rings is 1. The summed E-state index contributed by atoms with van der Waals surface area (Å²) in [5, 5.41) is 20.2. The van der Waals surface area contributed by atoms with Crippen molar-refractivity contribution >= 4 is 62.8 Å². The molecule has 4 amide bonds. The zero-order valence-corrected chi connectivity index (χ0v) is 56.9. The third-order valence-corrected chi connectivity index (χ3v) is 21.0. The average Bonchev–Trinajstić information content (AvgIpc) is 1.08. The number of pyridine rings is 1. The van der Waals surface area contributed by atoms with Crippen LogP contribution >= 0.6 is 11.3 Å². The first kappa shape index (κ1) is 66.4. The van der Waals surface area contributed by atoms with Crippen LogP contribution in [0.4, 0.5) is 19.8 Å². The van der Waals surface area contributed by atoms with Crippen LogP contribution in [0, 0.1) is 24.6 Å². The fraction of sp³-hybridized carbons (Fsp3) is 0.535. The van der Waals surface area contributed by atoms with Gasteiger partial charge in [-0.25, -0.2) is 19.0 Å². The van der Waals surface area contributed by atoms with E-state index in [0.29, 0.717) is 55.1 Å². The van der Waals surface area contributed by atoms with Crippen LogP contribution in [0.3, 0.4) is 0 Å². The van der Waals surface area contributed by atoms with Gasteiger partial charge in [-0.2, -0.15) is 9.97 Å². The lowest BCUT2D eigenvalue weighted by Crippen LogP contribution is -2.57. The molecule has 25 heteroatoms. The molecule has 0 radical (unpaired) electrons. The van der Waals surface area contributed by atoms with E-state index in [0.717, 1.165) is 83.1 Å². The zero-order chi connectivity index (χ0) is 67.3. The van der Waals surface area contributed by atoms with Gasteiger partial charge in [0.2, 0.25) is 11.8 Å². The molecule has 6 saturated heterocycles. The normalized spacial score (nSPS) is 22.6. The third-order valence-electron chi connectivity index (χ3n) is 20.0. The lowest BCUT2D eigenvalue weighted by atomic mass is 9.91. The maximum Gasteiger partial charge on any atom is 0.410 e. The fourth-order valence-electron chi connectivity index (χ4n) is 15.2. The Morgan fingerprint density at radius 1 is 0.906 bits per heavy atom. The second-order valence-corrected chi connectivity index (χ2v) is 28.9. The number of hydrogen-bond acceptors (Lipinski definition) is 20. The summed E-state index contributed by atoms with van der Waals surface area (Å²) in [6.45, 7) is 18.5. The topological polar surface area (TPSA) is 250 Å². The molecule has 13 rings (SSSR count). The minimum atomic E-state index is -0.884. The van der Waals surface area contributed by atoms with Gasteiger partial charge in [0.05, 0.1) is 57.8 Å². The quantitative estimate of drug-likeness (QED) is 0.0635. The average molecular weight is 1340 g/mol. The molecule has 0 aliphatic carbocycles. The standard InChI is InChI=1S/C71H86FN11O12S/c1-10-44-13-11-14-47-25-52(93-39-89-9)27-53(59(44)47)61-60(72)62-54(29-73-61)64(79-32-48-19-20-49(33-79)83(48)69(88)94-70(6,7)8)77-67(76-62)92-37-71-22-12-24-82(71)50(21-23-71)36-91-68(87)80-30-43(31-80)35-90-57-28-56(95-78-57)58(40(2)3)66(86)81-34-51(84)26-55(81)65(85)75-41(4)45-15-17-46(18-16-45)63-42(5)74-38-96-63/h11,13-18,25,27-29,38,40-41,43,48-51,55,58,84H,10,12,19-24,26,30-37,39H2,1-9H3,(H,75,85)/t41-,48?,49?,50-,51+,55-,58+,71-/m0/s1. The highest BCUT2D eigenvalue weighted by molar-refractivity contribution is 7.13. The summed E-state index contributed by atoms with van der Waals surface area (Å²) in [5.41, 5.74) is 5.42. The van der Waals surface area contributed by atoms with Gasteiger partial charge in [0.1, 0.15) is 53.6 Å². The number of aliphatic hydroxyl groups is 1. The largest absolute Gasteiger partial charge is 0.475 e. The summed E-state index contributed by atoms with van der Waals surface area (Å²) < 4.78 is 59.5. The Kier molecular flexibility index (Phi) is 18.9. The van der Waals surface area contributed by atoms with Crippen molar-refractivity contribution in [3.8, 4) is 39.3 Å². The minimum Gasteiger partial charge on any atom is -0.475 e. The summed E-state index contributed by atoms with van der Waals surface area (Å²) in [6, 6.07) is 17.7. The summed E-state index contributed by atoms with van der Waals surface area (Å²) in [4.78, 5) is 85.2. The SMILES string of the molecule is CCc1cccc2cc(OCOC)cc(-c3ncc4c(N5CC6CCC(C5)N6C(=O)OC(C)(C)C)nc(OC[C@@]56CCCN5[C@H](COC(=O)N5CC(COc7cc([C@H](C(=O)N8C[C@H](O)C[C@H]8C(=O)N[C@@H](C)c8ccc(-c9scnc9C)cc8)C(C)C)on7)C5)CC6)nc4c3F)c12. The molecule has 7 aromatic rings. The van der Waals surface area contributed by atoms with Gasteiger partial charge >= 0.3 is 18.2 Å². The number of nitrogens with zero attached hydrogens (tertiary/aromatic N) is 10. The second kappa shape index (κ2) is 27.3. The number of halogens is 1. The van der Waals surface area contributed by atoms with Crippen LogP contribution in [0.1, 0.15) is 128 Å². The molecule has 96 heavy (non-hydrogen) atoms. The molecule has 4 aromatic heterocycles. The Morgan fingerprint density at radius 2 is 1.69 bits per heavy atom. The van der Waals surface area contributed by atoms with Gasteiger partial charge in [0.15, 0.2) is 18.4 Å². The lowest BCUT2D eigenvalue weighted by Gasteiger charge is -2.42. The van der Waals surface area contributed by atoms with Crippen molar-refractivity contribution in [3.05, 3.63) is 101 Å². The van der Waals surface area contributed by atoms with Gasteiger partial charge in [0, 0.05) is 76.0 Å². The van der Waals surface area contributed by atoms with Crippen molar-refractivity contribution in [3.63, 3.8) is 0 Å². The van der Waals surface area contributed by atoms with Gasteiger partial charge in [-0.1, -0.05) is 63.2 Å². The number of fused-ring (bicyclic) bond motifs is 5. The number of ether oxygens (including phenoxy) is 6. The molecule has 23 nitrogen and oxygen atoms in total. The molecule has 8 atom stereocenters. The summed E-state index contributed by atoms with van der Waals surface area (Å²) in [7, 11) is 1.55. The number of likely N-dealkylation sites (tertiary alicyclic amines) is 2. The molecule has 10 heterocycles. The van der Waals surface area contributed by atoms with Crippen LogP contribution in [0.5, 0.6) is 17.6 Å². The highest BCUT2D eigenvalue weighted by atomic mass is 32.1. The van der Waals surface area contributed by atoms with E-state index >= 15 is 4.39 Å². The maximum atomic E-state index is 17.9. The number of β-amino-alcohol motifs (C(OH)–C–C–N with tert-alkyl or cyclic N) is 1. The molecule has 0 saturated carbocycles. The van der Waals surface area contributed by atoms with Gasteiger partial charge in [0.25, 0.3) is 5.88 Å². The van der Waals surface area contributed by atoms with Crippen LogP contribution in [-0.4, -0.2) is 188 Å². The predicted molar refractivity (Wildman–Crippen MR) is 357 cm³/mol. The molecule has 510 valence electrons. The highest BCUT2D eigenvalue weighted by Crippen LogP contribution is 2.45. The molecule has 2 bridgehead atoms. The molecule has 6 aliphatic heterocycles. The molecule has 2 unspecified atom stereocenters. The summed E-state index contributed by atoms with van der Waals surface area (Å²) in [5.74, 6) is -0.921. The van der Waals surface area contributed by atoms with E-state index in [9.17, 15) is 24.3 Å². The van der Waals surface area contributed by atoms with Crippen molar-refractivity contribution in [1.29, 1.82) is 0 Å². The smallest absolute Gasteiger partial charge is 0.410 e. The van der Waals surface area contributed by atoms with Crippen molar-refractivity contribution in [2.75, 3.05) is 77.9 Å². The van der Waals surface area contributed by atoms with Gasteiger partial charge < -0.3 is 58.1 Å². The first-order valence-corrected chi connectivity index (χ1v) is 34.5. The Morgan fingerprint density at radius 3 is 2.41 bits per heavy atom. The van der Waals surface area contributed by atoms with Crippen LogP contribution in [0.25, 0.3) is 43.4 Å². The highest BCUT2D eigenvalue weighted by Gasteiger charge is 2.51. The molecule has 0 spiro atoms. The van der Waals surface area contributed by atoms with E-state index in [1.165, 1.54) is 4.90 Å². The van der Waals surface area contributed by atoms with Crippen molar-refractivity contribution in [1.82, 2.24) is 50.0 Å². The molecule has 2 N–H and O–H groups in total. The Bertz CT molecular complexity index is 4010. The number of hydrogen-bond donors (Lipinski definition) is 2. The van der Waals surface area contributed by atoms with E-state index in [2.05, 4.69) is 32.2 Å². The Labute approximate surface area is 561 Å². The minimum absolute atomic E-state index is 0.00322. The number of rotatable bonds is 21. The van der Waals surface area contributed by atoms with E-state index < -0.39 is 41.1 Å². The van der Waals surface area contributed by atoms with Crippen LogP contribution < -0.4 is 24.4 Å².